The lowest BCUT2D eigenvalue weighted by molar-refractivity contribution is 0.229. The zero-order chi connectivity index (χ0) is 14.3. The fourth-order valence-electron chi connectivity index (χ4n) is 1.69. The number of hydrogen-bond donors (Lipinski definition) is 1. The Balaban J connectivity index is 0.00000361. The van der Waals surface area contributed by atoms with Crippen molar-refractivity contribution in [3.8, 4) is 5.75 Å². The van der Waals surface area contributed by atoms with E-state index in [0.717, 1.165) is 18.3 Å². The fraction of sp³-hybridized carbons (Fsp3) is 0.533. The SMILES string of the molecule is CCNC(=NCC(C)Oc1cccc(C)c1)N(C)C.I. The molecular weight excluding hydrogens is 365 g/mol. The van der Waals surface area contributed by atoms with Gasteiger partial charge >= 0.3 is 0 Å². The lowest BCUT2D eigenvalue weighted by atomic mass is 10.2. The van der Waals surface area contributed by atoms with Crippen LogP contribution in [0.3, 0.4) is 0 Å². The van der Waals surface area contributed by atoms with E-state index in [2.05, 4.69) is 30.2 Å². The van der Waals surface area contributed by atoms with Gasteiger partial charge in [-0.1, -0.05) is 12.1 Å². The smallest absolute Gasteiger partial charge is 0.193 e. The van der Waals surface area contributed by atoms with Gasteiger partial charge in [0.1, 0.15) is 11.9 Å². The molecule has 1 aromatic rings. The maximum atomic E-state index is 5.85. The van der Waals surface area contributed by atoms with Gasteiger partial charge in [0.2, 0.25) is 0 Å². The van der Waals surface area contributed by atoms with Crippen molar-refractivity contribution in [2.45, 2.75) is 26.9 Å². The van der Waals surface area contributed by atoms with Gasteiger partial charge in [-0.2, -0.15) is 0 Å². The number of benzene rings is 1. The van der Waals surface area contributed by atoms with Gasteiger partial charge in [0.15, 0.2) is 5.96 Å². The van der Waals surface area contributed by atoms with Crippen LogP contribution in [0.4, 0.5) is 0 Å². The predicted octanol–water partition coefficient (Wildman–Crippen LogP) is 2.91. The summed E-state index contributed by atoms with van der Waals surface area (Å²) in [5, 5.41) is 3.23. The first-order valence-electron chi connectivity index (χ1n) is 6.72. The molecule has 0 heterocycles. The standard InChI is InChI=1S/C15H25N3O.HI/c1-6-16-15(18(4)5)17-11-13(3)19-14-9-7-8-12(2)10-14;/h7-10,13H,6,11H2,1-5H3,(H,16,17);1H. The lowest BCUT2D eigenvalue weighted by Crippen LogP contribution is -2.37. The minimum atomic E-state index is 0. The van der Waals surface area contributed by atoms with E-state index in [1.807, 2.05) is 44.1 Å². The highest BCUT2D eigenvalue weighted by atomic mass is 127. The number of guanidine groups is 1. The maximum absolute atomic E-state index is 5.85. The molecule has 0 bridgehead atoms. The van der Waals surface area contributed by atoms with E-state index in [9.17, 15) is 0 Å². The van der Waals surface area contributed by atoms with Crippen LogP contribution in [0.5, 0.6) is 5.75 Å². The van der Waals surface area contributed by atoms with E-state index >= 15 is 0 Å². The second kappa shape index (κ2) is 9.85. The molecule has 0 radical (unpaired) electrons. The molecule has 1 atom stereocenters. The Morgan fingerprint density at radius 2 is 2.10 bits per heavy atom. The largest absolute Gasteiger partial charge is 0.489 e. The molecule has 4 nitrogen and oxygen atoms in total. The van der Waals surface area contributed by atoms with Crippen LogP contribution in [0.15, 0.2) is 29.3 Å². The van der Waals surface area contributed by atoms with Crippen LogP contribution in [0, 0.1) is 6.92 Å². The Morgan fingerprint density at radius 3 is 2.65 bits per heavy atom. The van der Waals surface area contributed by atoms with Crippen molar-refractivity contribution in [3.05, 3.63) is 29.8 Å². The van der Waals surface area contributed by atoms with Crippen molar-refractivity contribution in [1.29, 1.82) is 0 Å². The van der Waals surface area contributed by atoms with Gasteiger partial charge in [-0.3, -0.25) is 0 Å². The Hall–Kier alpha value is -0.980. The van der Waals surface area contributed by atoms with Crippen molar-refractivity contribution < 1.29 is 4.74 Å². The third-order valence-corrected chi connectivity index (χ3v) is 2.58. The first-order valence-corrected chi connectivity index (χ1v) is 6.72. The number of aliphatic imine (C=N–C) groups is 1. The Morgan fingerprint density at radius 1 is 1.40 bits per heavy atom. The van der Waals surface area contributed by atoms with Crippen LogP contribution in [0.25, 0.3) is 0 Å². The summed E-state index contributed by atoms with van der Waals surface area (Å²) < 4.78 is 5.85. The number of halogens is 1. The summed E-state index contributed by atoms with van der Waals surface area (Å²) in [6.07, 6.45) is 0.0513. The number of aryl methyl sites for hydroxylation is 1. The monoisotopic (exact) mass is 391 g/mol. The molecule has 1 unspecified atom stereocenters. The molecule has 1 N–H and O–H groups in total. The van der Waals surface area contributed by atoms with Crippen LogP contribution < -0.4 is 10.1 Å². The molecule has 1 aromatic carbocycles. The average Bonchev–Trinajstić information content (AvgIpc) is 2.34. The van der Waals surface area contributed by atoms with Gasteiger partial charge in [-0.25, -0.2) is 4.99 Å². The zero-order valence-electron chi connectivity index (χ0n) is 13.0. The number of nitrogens with zero attached hydrogens (tertiary/aromatic N) is 2. The summed E-state index contributed by atoms with van der Waals surface area (Å²) in [6, 6.07) is 8.08. The summed E-state index contributed by atoms with van der Waals surface area (Å²) in [7, 11) is 3.96. The molecular formula is C15H26IN3O. The summed E-state index contributed by atoms with van der Waals surface area (Å²) in [5.41, 5.74) is 1.20. The predicted molar refractivity (Wildman–Crippen MR) is 96.3 cm³/mol. The summed E-state index contributed by atoms with van der Waals surface area (Å²) in [6.45, 7) is 7.65. The van der Waals surface area contributed by atoms with Crippen molar-refractivity contribution in [2.75, 3.05) is 27.2 Å². The quantitative estimate of drug-likeness (QED) is 0.477. The third-order valence-electron chi connectivity index (χ3n) is 2.58. The fourth-order valence-corrected chi connectivity index (χ4v) is 1.69. The molecule has 0 saturated heterocycles. The average molecular weight is 391 g/mol. The Bertz CT molecular complexity index is 421. The summed E-state index contributed by atoms with van der Waals surface area (Å²) >= 11 is 0. The van der Waals surface area contributed by atoms with Gasteiger partial charge in [0.25, 0.3) is 0 Å². The summed E-state index contributed by atoms with van der Waals surface area (Å²) in [4.78, 5) is 6.51. The first-order chi connectivity index (χ1) is 9.02. The molecule has 0 spiro atoms. The second-order valence-electron chi connectivity index (χ2n) is 4.83. The van der Waals surface area contributed by atoms with Crippen LogP contribution in [-0.2, 0) is 0 Å². The van der Waals surface area contributed by atoms with Crippen molar-refractivity contribution in [3.63, 3.8) is 0 Å². The number of nitrogens with one attached hydrogen (secondary N) is 1. The Labute approximate surface area is 139 Å². The highest BCUT2D eigenvalue weighted by Crippen LogP contribution is 2.14. The number of ether oxygens (including phenoxy) is 1. The van der Waals surface area contributed by atoms with Crippen LogP contribution in [-0.4, -0.2) is 44.1 Å². The second-order valence-corrected chi connectivity index (χ2v) is 4.83. The topological polar surface area (TPSA) is 36.9 Å². The molecule has 0 aromatic heterocycles. The highest BCUT2D eigenvalue weighted by molar-refractivity contribution is 14.0. The molecule has 0 fully saturated rings. The van der Waals surface area contributed by atoms with Crippen molar-refractivity contribution >= 4 is 29.9 Å². The van der Waals surface area contributed by atoms with Crippen LogP contribution >= 0.6 is 24.0 Å². The molecule has 0 saturated carbocycles. The minimum absolute atomic E-state index is 0. The molecule has 0 aliphatic rings. The van der Waals surface area contributed by atoms with Gasteiger partial charge in [-0.05, 0) is 38.5 Å². The van der Waals surface area contributed by atoms with E-state index in [0.29, 0.717) is 6.54 Å². The van der Waals surface area contributed by atoms with E-state index in [1.165, 1.54) is 5.56 Å². The normalized spacial score (nSPS) is 12.3. The van der Waals surface area contributed by atoms with Gasteiger partial charge in [0.05, 0.1) is 6.54 Å². The molecule has 5 heteroatoms. The van der Waals surface area contributed by atoms with E-state index < -0.39 is 0 Å². The molecule has 1 rings (SSSR count). The van der Waals surface area contributed by atoms with E-state index in [1.54, 1.807) is 0 Å². The molecule has 114 valence electrons. The molecule has 20 heavy (non-hydrogen) atoms. The van der Waals surface area contributed by atoms with Gasteiger partial charge in [-0.15, -0.1) is 24.0 Å². The number of hydrogen-bond acceptors (Lipinski definition) is 2. The summed E-state index contributed by atoms with van der Waals surface area (Å²) in [5.74, 6) is 1.79. The van der Waals surface area contributed by atoms with E-state index in [4.69, 9.17) is 4.74 Å². The van der Waals surface area contributed by atoms with Crippen LogP contribution in [0.1, 0.15) is 19.4 Å². The first kappa shape index (κ1) is 19.0. The van der Waals surface area contributed by atoms with E-state index in [-0.39, 0.29) is 30.1 Å². The van der Waals surface area contributed by atoms with Crippen LogP contribution in [0.2, 0.25) is 0 Å². The molecule has 0 aliphatic carbocycles. The van der Waals surface area contributed by atoms with Gasteiger partial charge < -0.3 is 15.0 Å². The molecule has 0 amide bonds. The molecule has 0 aliphatic heterocycles. The van der Waals surface area contributed by atoms with Crippen molar-refractivity contribution in [1.82, 2.24) is 10.2 Å². The highest BCUT2D eigenvalue weighted by Gasteiger charge is 2.05. The zero-order valence-corrected chi connectivity index (χ0v) is 15.3. The Kier molecular flexibility index (Phi) is 9.37. The van der Waals surface area contributed by atoms with Crippen molar-refractivity contribution in [2.24, 2.45) is 4.99 Å². The maximum Gasteiger partial charge on any atom is 0.193 e. The number of rotatable bonds is 5. The third kappa shape index (κ3) is 6.98. The minimum Gasteiger partial charge on any atom is -0.489 e. The lowest BCUT2D eigenvalue weighted by Gasteiger charge is -2.18. The van der Waals surface area contributed by atoms with Gasteiger partial charge in [0, 0.05) is 20.6 Å².